The van der Waals surface area contributed by atoms with Gasteiger partial charge in [-0.2, -0.15) is 0 Å². The second-order valence-electron chi connectivity index (χ2n) is 4.18. The Balaban J connectivity index is 2.72. The van der Waals surface area contributed by atoms with Gasteiger partial charge < -0.3 is 5.11 Å². The van der Waals surface area contributed by atoms with E-state index >= 15 is 0 Å². The third-order valence-corrected chi connectivity index (χ3v) is 4.43. The predicted molar refractivity (Wildman–Crippen MR) is 83.6 cm³/mol. The summed E-state index contributed by atoms with van der Waals surface area (Å²) in [5, 5.41) is 10.1. The molecule has 0 radical (unpaired) electrons. The standard InChI is InChI=1S/C14H8Cl4O2/c1-6-4-7(14(19)20)2-3-8(6)11-12(17)9(15)5-10(16)13(11)18/h2-5H,1H3,(H,19,20). The number of carbonyl (C=O) groups is 1. The smallest absolute Gasteiger partial charge is 0.335 e. The van der Waals surface area contributed by atoms with Crippen LogP contribution in [0.25, 0.3) is 11.1 Å². The Morgan fingerprint density at radius 1 is 1.00 bits per heavy atom. The van der Waals surface area contributed by atoms with Gasteiger partial charge in [0.25, 0.3) is 0 Å². The van der Waals surface area contributed by atoms with Gasteiger partial charge >= 0.3 is 5.97 Å². The molecule has 0 fully saturated rings. The van der Waals surface area contributed by atoms with E-state index in [9.17, 15) is 4.79 Å². The van der Waals surface area contributed by atoms with Crippen molar-refractivity contribution < 1.29 is 9.90 Å². The maximum absolute atomic E-state index is 10.9. The van der Waals surface area contributed by atoms with E-state index in [0.717, 1.165) is 0 Å². The molecule has 0 aliphatic carbocycles. The average molecular weight is 350 g/mol. The molecule has 104 valence electrons. The highest BCUT2D eigenvalue weighted by Gasteiger charge is 2.18. The minimum Gasteiger partial charge on any atom is -0.478 e. The van der Waals surface area contributed by atoms with Gasteiger partial charge in [0.15, 0.2) is 0 Å². The molecule has 1 N–H and O–H groups in total. The van der Waals surface area contributed by atoms with E-state index in [1.54, 1.807) is 19.1 Å². The van der Waals surface area contributed by atoms with E-state index in [0.29, 0.717) is 16.7 Å². The van der Waals surface area contributed by atoms with Crippen molar-refractivity contribution in [1.29, 1.82) is 0 Å². The maximum atomic E-state index is 10.9. The summed E-state index contributed by atoms with van der Waals surface area (Å²) in [7, 11) is 0. The van der Waals surface area contributed by atoms with Gasteiger partial charge in [0.05, 0.1) is 25.7 Å². The van der Waals surface area contributed by atoms with Gasteiger partial charge in [-0.25, -0.2) is 4.79 Å². The van der Waals surface area contributed by atoms with Crippen molar-refractivity contribution in [2.24, 2.45) is 0 Å². The van der Waals surface area contributed by atoms with Gasteiger partial charge in [-0.3, -0.25) is 0 Å². The molecule has 2 aromatic rings. The Hall–Kier alpha value is -0.930. The van der Waals surface area contributed by atoms with Crippen molar-refractivity contribution in [2.75, 3.05) is 0 Å². The molecule has 0 aliphatic rings. The molecule has 0 unspecified atom stereocenters. The van der Waals surface area contributed by atoms with Crippen molar-refractivity contribution in [1.82, 2.24) is 0 Å². The van der Waals surface area contributed by atoms with E-state index in [1.807, 2.05) is 0 Å². The van der Waals surface area contributed by atoms with Crippen molar-refractivity contribution in [3.05, 3.63) is 55.5 Å². The number of carboxylic acid groups (broad SMARTS) is 1. The number of aryl methyl sites for hydroxylation is 1. The van der Waals surface area contributed by atoms with Crippen LogP contribution in [0.1, 0.15) is 15.9 Å². The van der Waals surface area contributed by atoms with E-state index < -0.39 is 5.97 Å². The summed E-state index contributed by atoms with van der Waals surface area (Å²) in [5.41, 5.74) is 2.09. The number of halogens is 4. The van der Waals surface area contributed by atoms with E-state index in [1.165, 1.54) is 12.1 Å². The highest BCUT2D eigenvalue weighted by molar-refractivity contribution is 6.50. The van der Waals surface area contributed by atoms with Crippen LogP contribution in [0.15, 0.2) is 24.3 Å². The fraction of sp³-hybridized carbons (Fsp3) is 0.0714. The third-order valence-electron chi connectivity index (χ3n) is 2.85. The second-order valence-corrected chi connectivity index (χ2v) is 5.75. The largest absolute Gasteiger partial charge is 0.478 e. The Morgan fingerprint density at radius 3 is 2.00 bits per heavy atom. The van der Waals surface area contributed by atoms with Gasteiger partial charge in [0, 0.05) is 5.56 Å². The quantitative estimate of drug-likeness (QED) is 0.677. The van der Waals surface area contributed by atoms with Gasteiger partial charge in [-0.1, -0.05) is 52.5 Å². The summed E-state index contributed by atoms with van der Waals surface area (Å²) in [6, 6.07) is 6.13. The summed E-state index contributed by atoms with van der Waals surface area (Å²) >= 11 is 24.4. The van der Waals surface area contributed by atoms with Crippen LogP contribution in [0.4, 0.5) is 0 Å². The first-order valence-corrected chi connectivity index (χ1v) is 7.01. The van der Waals surface area contributed by atoms with E-state index in [2.05, 4.69) is 0 Å². The zero-order chi connectivity index (χ0) is 15.0. The van der Waals surface area contributed by atoms with Gasteiger partial charge in [-0.05, 0) is 36.2 Å². The molecule has 0 bridgehead atoms. The third kappa shape index (κ3) is 2.75. The molecule has 0 aromatic heterocycles. The van der Waals surface area contributed by atoms with Crippen LogP contribution in [0, 0.1) is 6.92 Å². The van der Waals surface area contributed by atoms with Crippen LogP contribution < -0.4 is 0 Å². The van der Waals surface area contributed by atoms with Gasteiger partial charge in [-0.15, -0.1) is 0 Å². The first-order chi connectivity index (χ1) is 9.32. The Bertz CT molecular complexity index is 685. The molecule has 2 nitrogen and oxygen atoms in total. The van der Waals surface area contributed by atoms with Crippen LogP contribution in [0.2, 0.25) is 20.1 Å². The van der Waals surface area contributed by atoms with E-state index in [-0.39, 0.29) is 25.7 Å². The fourth-order valence-electron chi connectivity index (χ4n) is 1.89. The number of carboxylic acids is 1. The number of rotatable bonds is 2. The lowest BCUT2D eigenvalue weighted by atomic mass is 9.98. The van der Waals surface area contributed by atoms with Crippen molar-refractivity contribution in [3.63, 3.8) is 0 Å². The number of aromatic carboxylic acids is 1. The van der Waals surface area contributed by atoms with E-state index in [4.69, 9.17) is 51.5 Å². The average Bonchev–Trinajstić information content (AvgIpc) is 2.38. The Morgan fingerprint density at radius 2 is 1.55 bits per heavy atom. The molecule has 0 aliphatic heterocycles. The van der Waals surface area contributed by atoms with Crippen molar-refractivity contribution in [3.8, 4) is 11.1 Å². The number of benzene rings is 2. The second kappa shape index (κ2) is 5.82. The van der Waals surface area contributed by atoms with Crippen LogP contribution in [-0.4, -0.2) is 11.1 Å². The molecule has 2 rings (SSSR count). The van der Waals surface area contributed by atoms with Crippen LogP contribution in [-0.2, 0) is 0 Å². The first kappa shape index (κ1) is 15.5. The summed E-state index contributed by atoms with van der Waals surface area (Å²) in [4.78, 5) is 10.9. The normalized spacial score (nSPS) is 10.7. The Kier molecular flexibility index (Phi) is 4.50. The number of hydrogen-bond donors (Lipinski definition) is 1. The molecule has 20 heavy (non-hydrogen) atoms. The summed E-state index contributed by atoms with van der Waals surface area (Å²) < 4.78 is 0. The topological polar surface area (TPSA) is 37.3 Å². The minimum absolute atomic E-state index is 0.187. The molecular weight excluding hydrogens is 342 g/mol. The first-order valence-electron chi connectivity index (χ1n) is 5.50. The number of hydrogen-bond acceptors (Lipinski definition) is 1. The van der Waals surface area contributed by atoms with Crippen LogP contribution in [0.3, 0.4) is 0 Å². The summed E-state index contributed by atoms with van der Waals surface area (Å²) in [6.45, 7) is 1.77. The molecule has 0 heterocycles. The molecule has 0 amide bonds. The molecule has 6 heteroatoms. The molecule has 0 saturated carbocycles. The summed E-state index contributed by atoms with van der Waals surface area (Å²) in [6.07, 6.45) is 0. The zero-order valence-corrected chi connectivity index (χ0v) is 13.2. The Labute approximate surface area is 135 Å². The highest BCUT2D eigenvalue weighted by Crippen LogP contribution is 2.44. The molecule has 0 spiro atoms. The predicted octanol–water partition coefficient (Wildman–Crippen LogP) is 5.97. The fourth-order valence-corrected chi connectivity index (χ4v) is 2.90. The summed E-state index contributed by atoms with van der Waals surface area (Å²) in [5.74, 6) is -0.999. The molecule has 0 saturated heterocycles. The van der Waals surface area contributed by atoms with Crippen LogP contribution >= 0.6 is 46.4 Å². The molecule has 0 atom stereocenters. The van der Waals surface area contributed by atoms with Crippen molar-refractivity contribution >= 4 is 52.4 Å². The van der Waals surface area contributed by atoms with Crippen LogP contribution in [0.5, 0.6) is 0 Å². The molecular formula is C14H8Cl4O2. The lowest BCUT2D eigenvalue weighted by Gasteiger charge is -2.13. The lowest BCUT2D eigenvalue weighted by Crippen LogP contribution is -1.97. The zero-order valence-electron chi connectivity index (χ0n) is 10.2. The van der Waals surface area contributed by atoms with Gasteiger partial charge in [0.2, 0.25) is 0 Å². The molecule has 2 aromatic carbocycles. The minimum atomic E-state index is -0.999. The highest BCUT2D eigenvalue weighted by atomic mass is 35.5. The SMILES string of the molecule is Cc1cc(C(=O)O)ccc1-c1c(Cl)c(Cl)cc(Cl)c1Cl. The monoisotopic (exact) mass is 348 g/mol. The lowest BCUT2D eigenvalue weighted by molar-refractivity contribution is 0.0697. The maximum Gasteiger partial charge on any atom is 0.335 e. The van der Waals surface area contributed by atoms with Crippen molar-refractivity contribution in [2.45, 2.75) is 6.92 Å². The van der Waals surface area contributed by atoms with Gasteiger partial charge in [0.1, 0.15) is 0 Å².